The molecule has 0 unspecified atom stereocenters. The summed E-state index contributed by atoms with van der Waals surface area (Å²) in [6.07, 6.45) is 3.10. The molecule has 0 saturated carbocycles. The van der Waals surface area contributed by atoms with Gasteiger partial charge in [0.15, 0.2) is 0 Å². The largest absolute Gasteiger partial charge is 0.496 e. The first kappa shape index (κ1) is 20.8. The second kappa shape index (κ2) is 10.6. The Kier molecular flexibility index (Phi) is 7.92. The molecule has 0 saturated heterocycles. The molecule has 0 aromatic heterocycles. The average Bonchev–Trinajstić information content (AvgIpc) is 2.75. The van der Waals surface area contributed by atoms with Gasteiger partial charge in [-0.1, -0.05) is 30.3 Å². The number of aryl methyl sites for hydroxylation is 1. The highest BCUT2D eigenvalue weighted by Crippen LogP contribution is 2.35. The minimum Gasteiger partial charge on any atom is -0.496 e. The molecular weight excluding hydrogens is 356 g/mol. The van der Waals surface area contributed by atoms with Crippen LogP contribution in [0.1, 0.15) is 17.5 Å². The van der Waals surface area contributed by atoms with Crippen molar-refractivity contribution in [3.63, 3.8) is 0 Å². The smallest absolute Gasteiger partial charge is 0.261 e. The molecule has 2 rings (SSSR count). The third-order valence-electron chi connectivity index (χ3n) is 4.18. The van der Waals surface area contributed by atoms with E-state index in [0.717, 1.165) is 12.8 Å². The summed E-state index contributed by atoms with van der Waals surface area (Å²) in [6, 6.07) is 15.3. The maximum Gasteiger partial charge on any atom is 0.261 e. The van der Waals surface area contributed by atoms with Crippen molar-refractivity contribution in [2.45, 2.75) is 12.8 Å². The lowest BCUT2D eigenvalue weighted by molar-refractivity contribution is -0.117. The van der Waals surface area contributed by atoms with Crippen LogP contribution in [0.2, 0.25) is 0 Å². The number of nitrogens with zero attached hydrogens (tertiary/aromatic N) is 1. The van der Waals surface area contributed by atoms with Crippen molar-refractivity contribution >= 4 is 12.0 Å². The van der Waals surface area contributed by atoms with Gasteiger partial charge in [-0.05, 0) is 24.5 Å². The number of hydrogen-bond acceptors (Lipinski definition) is 5. The molecule has 0 heterocycles. The Balaban J connectivity index is 2.10. The molecule has 1 amide bonds. The van der Waals surface area contributed by atoms with Crippen LogP contribution >= 0.6 is 0 Å². The Morgan fingerprint density at radius 3 is 2.25 bits per heavy atom. The first-order valence-corrected chi connectivity index (χ1v) is 8.86. The van der Waals surface area contributed by atoms with Crippen LogP contribution in [-0.4, -0.2) is 33.8 Å². The van der Waals surface area contributed by atoms with E-state index in [2.05, 4.69) is 5.32 Å². The quantitative estimate of drug-likeness (QED) is 0.410. The minimum atomic E-state index is -0.435. The van der Waals surface area contributed by atoms with Crippen LogP contribution in [0.25, 0.3) is 6.08 Å². The van der Waals surface area contributed by atoms with Crippen LogP contribution in [0, 0.1) is 11.3 Å². The molecule has 0 aliphatic heterocycles. The van der Waals surface area contributed by atoms with Crippen LogP contribution in [-0.2, 0) is 11.2 Å². The Bertz CT molecular complexity index is 845. The van der Waals surface area contributed by atoms with E-state index in [1.165, 1.54) is 33.0 Å². The van der Waals surface area contributed by atoms with E-state index < -0.39 is 5.91 Å². The Hall–Kier alpha value is -3.46. The highest BCUT2D eigenvalue weighted by molar-refractivity contribution is 6.02. The van der Waals surface area contributed by atoms with Gasteiger partial charge in [0.25, 0.3) is 5.91 Å². The zero-order valence-corrected chi connectivity index (χ0v) is 16.3. The number of nitriles is 1. The molecule has 0 aliphatic carbocycles. The SMILES string of the molecule is COc1cc(OC)c(/C=C(/C#N)C(=O)NCCCc2ccccc2)c(OC)c1. The van der Waals surface area contributed by atoms with E-state index in [4.69, 9.17) is 14.2 Å². The monoisotopic (exact) mass is 380 g/mol. The molecule has 1 N–H and O–H groups in total. The topological polar surface area (TPSA) is 80.6 Å². The molecule has 0 bridgehead atoms. The summed E-state index contributed by atoms with van der Waals surface area (Å²) in [5.41, 5.74) is 1.68. The lowest BCUT2D eigenvalue weighted by atomic mass is 10.1. The van der Waals surface area contributed by atoms with Crippen LogP contribution in [0.4, 0.5) is 0 Å². The van der Waals surface area contributed by atoms with Crippen molar-refractivity contribution < 1.29 is 19.0 Å². The van der Waals surface area contributed by atoms with E-state index in [1.54, 1.807) is 12.1 Å². The first-order chi connectivity index (χ1) is 13.6. The van der Waals surface area contributed by atoms with Gasteiger partial charge in [-0.3, -0.25) is 4.79 Å². The van der Waals surface area contributed by atoms with Gasteiger partial charge in [-0.25, -0.2) is 0 Å². The fourth-order valence-corrected chi connectivity index (χ4v) is 2.70. The van der Waals surface area contributed by atoms with Crippen molar-refractivity contribution in [1.82, 2.24) is 5.32 Å². The summed E-state index contributed by atoms with van der Waals surface area (Å²) in [4.78, 5) is 12.4. The van der Waals surface area contributed by atoms with Crippen molar-refractivity contribution in [2.75, 3.05) is 27.9 Å². The maximum atomic E-state index is 12.4. The number of rotatable bonds is 9. The normalized spacial score (nSPS) is 10.7. The molecule has 28 heavy (non-hydrogen) atoms. The molecule has 6 nitrogen and oxygen atoms in total. The lowest BCUT2D eigenvalue weighted by Crippen LogP contribution is -2.25. The highest BCUT2D eigenvalue weighted by Gasteiger charge is 2.15. The van der Waals surface area contributed by atoms with E-state index in [0.29, 0.717) is 29.4 Å². The average molecular weight is 380 g/mol. The molecule has 0 spiro atoms. The predicted octanol–water partition coefficient (Wildman–Crippen LogP) is 3.37. The summed E-state index contributed by atoms with van der Waals surface area (Å²) in [6.45, 7) is 0.476. The Labute approximate surface area is 165 Å². The van der Waals surface area contributed by atoms with Gasteiger partial charge >= 0.3 is 0 Å². The number of ether oxygens (including phenoxy) is 3. The number of methoxy groups -OCH3 is 3. The van der Waals surface area contributed by atoms with Gasteiger partial charge < -0.3 is 19.5 Å². The summed E-state index contributed by atoms with van der Waals surface area (Å²) in [7, 11) is 4.54. The fraction of sp³-hybridized carbons (Fsp3) is 0.273. The Morgan fingerprint density at radius 1 is 1.07 bits per heavy atom. The first-order valence-electron chi connectivity index (χ1n) is 8.86. The molecular formula is C22H24N2O4. The zero-order valence-electron chi connectivity index (χ0n) is 16.3. The van der Waals surface area contributed by atoms with Crippen LogP contribution in [0.3, 0.4) is 0 Å². The summed E-state index contributed by atoms with van der Waals surface area (Å²) >= 11 is 0. The maximum absolute atomic E-state index is 12.4. The third kappa shape index (κ3) is 5.52. The summed E-state index contributed by atoms with van der Waals surface area (Å²) < 4.78 is 15.9. The van der Waals surface area contributed by atoms with Crippen molar-refractivity contribution in [2.24, 2.45) is 0 Å². The molecule has 0 fully saturated rings. The van der Waals surface area contributed by atoms with Gasteiger partial charge in [0.05, 0.1) is 26.9 Å². The van der Waals surface area contributed by atoms with Gasteiger partial charge in [0.2, 0.25) is 0 Å². The van der Waals surface area contributed by atoms with Gasteiger partial charge in [0, 0.05) is 18.7 Å². The number of carbonyl (C=O) groups is 1. The highest BCUT2D eigenvalue weighted by atomic mass is 16.5. The molecule has 2 aromatic rings. The summed E-state index contributed by atoms with van der Waals surface area (Å²) in [5.74, 6) is 1.01. The van der Waals surface area contributed by atoms with Crippen LogP contribution in [0.5, 0.6) is 17.2 Å². The Morgan fingerprint density at radius 2 is 1.71 bits per heavy atom. The standard InChI is InChI=1S/C22H24N2O4/c1-26-18-13-20(27-2)19(21(14-18)28-3)12-17(15-23)22(25)24-11-7-10-16-8-5-4-6-9-16/h4-6,8-9,12-14H,7,10-11H2,1-3H3,(H,24,25)/b17-12-. The second-order valence-electron chi connectivity index (χ2n) is 5.96. The molecule has 2 aromatic carbocycles. The minimum absolute atomic E-state index is 0.0264. The summed E-state index contributed by atoms with van der Waals surface area (Å²) in [5, 5.41) is 12.2. The number of carbonyl (C=O) groups excluding carboxylic acids is 1. The predicted molar refractivity (Wildman–Crippen MR) is 107 cm³/mol. The van der Waals surface area contributed by atoms with E-state index in [-0.39, 0.29) is 5.57 Å². The third-order valence-corrected chi connectivity index (χ3v) is 4.18. The lowest BCUT2D eigenvalue weighted by Gasteiger charge is -2.13. The van der Waals surface area contributed by atoms with Gasteiger partial charge in [-0.15, -0.1) is 0 Å². The van der Waals surface area contributed by atoms with Crippen LogP contribution in [0.15, 0.2) is 48.0 Å². The zero-order chi connectivity index (χ0) is 20.4. The number of benzene rings is 2. The molecule has 0 radical (unpaired) electrons. The van der Waals surface area contributed by atoms with Crippen molar-refractivity contribution in [1.29, 1.82) is 5.26 Å². The van der Waals surface area contributed by atoms with Gasteiger partial charge in [-0.2, -0.15) is 5.26 Å². The molecule has 0 aliphatic rings. The number of nitrogens with one attached hydrogen (secondary N) is 1. The molecule has 146 valence electrons. The van der Waals surface area contributed by atoms with Crippen LogP contribution < -0.4 is 19.5 Å². The van der Waals surface area contributed by atoms with Crippen molar-refractivity contribution in [3.8, 4) is 23.3 Å². The van der Waals surface area contributed by atoms with E-state index >= 15 is 0 Å². The molecule has 6 heteroatoms. The second-order valence-corrected chi connectivity index (χ2v) is 5.96. The number of amides is 1. The van der Waals surface area contributed by atoms with Crippen molar-refractivity contribution in [3.05, 3.63) is 59.2 Å². The number of hydrogen-bond donors (Lipinski definition) is 1. The molecule has 0 atom stereocenters. The fourth-order valence-electron chi connectivity index (χ4n) is 2.70. The van der Waals surface area contributed by atoms with E-state index in [9.17, 15) is 10.1 Å². The van der Waals surface area contributed by atoms with Gasteiger partial charge in [0.1, 0.15) is 28.9 Å². The van der Waals surface area contributed by atoms with E-state index in [1.807, 2.05) is 36.4 Å².